The van der Waals surface area contributed by atoms with Crippen LogP contribution in [0.3, 0.4) is 0 Å². The number of nitrogens with one attached hydrogen (secondary N) is 1. The molecule has 1 fully saturated rings. The first-order valence-corrected chi connectivity index (χ1v) is 6.95. The SMILES string of the molecule is CCOC1CC(N)C1NC(=O)c1ccc(F)cc1Br. The minimum absolute atomic E-state index is 0.0387. The molecule has 0 aliphatic heterocycles. The molecule has 3 unspecified atom stereocenters. The van der Waals surface area contributed by atoms with Crippen LogP contribution in [0.1, 0.15) is 23.7 Å². The summed E-state index contributed by atoms with van der Waals surface area (Å²) < 4.78 is 18.9. The highest BCUT2D eigenvalue weighted by molar-refractivity contribution is 9.10. The van der Waals surface area contributed by atoms with Gasteiger partial charge in [0.25, 0.3) is 5.91 Å². The lowest BCUT2D eigenvalue weighted by Crippen LogP contribution is -2.64. The van der Waals surface area contributed by atoms with E-state index < -0.39 is 5.82 Å². The van der Waals surface area contributed by atoms with Crippen molar-refractivity contribution in [3.05, 3.63) is 34.1 Å². The van der Waals surface area contributed by atoms with E-state index in [0.29, 0.717) is 16.6 Å². The molecule has 0 heterocycles. The normalized spacial score (nSPS) is 25.8. The van der Waals surface area contributed by atoms with Crippen LogP contribution in [0.5, 0.6) is 0 Å². The van der Waals surface area contributed by atoms with Gasteiger partial charge < -0.3 is 15.8 Å². The third kappa shape index (κ3) is 3.13. The number of amides is 1. The maximum Gasteiger partial charge on any atom is 0.252 e. The van der Waals surface area contributed by atoms with Gasteiger partial charge in [0.05, 0.1) is 17.7 Å². The zero-order valence-corrected chi connectivity index (χ0v) is 12.1. The van der Waals surface area contributed by atoms with E-state index in [0.717, 1.165) is 6.42 Å². The van der Waals surface area contributed by atoms with Crippen LogP contribution in [0, 0.1) is 5.82 Å². The Morgan fingerprint density at radius 1 is 1.63 bits per heavy atom. The predicted octanol–water partition coefficient (Wildman–Crippen LogP) is 1.82. The second-order valence-corrected chi connectivity index (χ2v) is 5.37. The van der Waals surface area contributed by atoms with Gasteiger partial charge in [-0.3, -0.25) is 4.79 Å². The highest BCUT2D eigenvalue weighted by atomic mass is 79.9. The Bertz CT molecular complexity index is 482. The minimum Gasteiger partial charge on any atom is -0.376 e. The predicted molar refractivity (Wildman–Crippen MR) is 73.4 cm³/mol. The molecule has 4 nitrogen and oxygen atoms in total. The molecule has 0 bridgehead atoms. The van der Waals surface area contributed by atoms with Crippen molar-refractivity contribution in [3.63, 3.8) is 0 Å². The molecule has 1 aliphatic carbocycles. The van der Waals surface area contributed by atoms with Gasteiger partial charge in [0.1, 0.15) is 5.82 Å². The molecule has 1 saturated carbocycles. The van der Waals surface area contributed by atoms with E-state index in [9.17, 15) is 9.18 Å². The summed E-state index contributed by atoms with van der Waals surface area (Å²) >= 11 is 3.18. The average molecular weight is 331 g/mol. The Hall–Kier alpha value is -0.980. The lowest BCUT2D eigenvalue weighted by Gasteiger charge is -2.42. The number of ether oxygens (including phenoxy) is 1. The van der Waals surface area contributed by atoms with E-state index in [-0.39, 0.29) is 24.1 Å². The van der Waals surface area contributed by atoms with E-state index in [1.807, 2.05) is 6.92 Å². The number of carbonyl (C=O) groups is 1. The number of carbonyl (C=O) groups excluding carboxylic acids is 1. The molecule has 0 saturated heterocycles. The van der Waals surface area contributed by atoms with Gasteiger partial charge in [0.15, 0.2) is 0 Å². The lowest BCUT2D eigenvalue weighted by molar-refractivity contribution is -0.0300. The van der Waals surface area contributed by atoms with Crippen molar-refractivity contribution >= 4 is 21.8 Å². The van der Waals surface area contributed by atoms with Gasteiger partial charge in [0.2, 0.25) is 0 Å². The first-order chi connectivity index (χ1) is 9.02. The van der Waals surface area contributed by atoms with Crippen LogP contribution >= 0.6 is 15.9 Å². The quantitative estimate of drug-likeness (QED) is 0.885. The van der Waals surface area contributed by atoms with Crippen molar-refractivity contribution in [1.82, 2.24) is 5.32 Å². The lowest BCUT2D eigenvalue weighted by atomic mass is 9.83. The highest BCUT2D eigenvalue weighted by Gasteiger charge is 2.40. The molecule has 6 heteroatoms. The molecular formula is C13H16BrFN2O2. The molecule has 104 valence electrons. The van der Waals surface area contributed by atoms with Gasteiger partial charge in [-0.25, -0.2) is 4.39 Å². The number of hydrogen-bond donors (Lipinski definition) is 2. The van der Waals surface area contributed by atoms with E-state index >= 15 is 0 Å². The Kier molecular flexibility index (Phi) is 4.54. The number of benzene rings is 1. The van der Waals surface area contributed by atoms with Crippen molar-refractivity contribution in [2.75, 3.05) is 6.61 Å². The Labute approximate surface area is 119 Å². The maximum absolute atomic E-state index is 13.0. The molecule has 19 heavy (non-hydrogen) atoms. The minimum atomic E-state index is -0.393. The van der Waals surface area contributed by atoms with Crippen molar-refractivity contribution < 1.29 is 13.9 Å². The number of halogens is 2. The first kappa shape index (κ1) is 14.4. The van der Waals surface area contributed by atoms with E-state index in [4.69, 9.17) is 10.5 Å². The largest absolute Gasteiger partial charge is 0.376 e. The summed E-state index contributed by atoms with van der Waals surface area (Å²) in [6.07, 6.45) is 0.701. The summed E-state index contributed by atoms with van der Waals surface area (Å²) in [4.78, 5) is 12.1. The molecule has 0 radical (unpaired) electrons. The van der Waals surface area contributed by atoms with Crippen LogP contribution in [0.4, 0.5) is 4.39 Å². The maximum atomic E-state index is 13.0. The Morgan fingerprint density at radius 2 is 2.37 bits per heavy atom. The van der Waals surface area contributed by atoms with Gasteiger partial charge in [-0.05, 0) is 47.5 Å². The van der Waals surface area contributed by atoms with E-state index in [1.54, 1.807) is 0 Å². The highest BCUT2D eigenvalue weighted by Crippen LogP contribution is 2.24. The fourth-order valence-electron chi connectivity index (χ4n) is 2.13. The summed E-state index contributed by atoms with van der Waals surface area (Å²) in [7, 11) is 0. The zero-order chi connectivity index (χ0) is 14.0. The fourth-order valence-corrected chi connectivity index (χ4v) is 2.66. The number of nitrogens with two attached hydrogens (primary N) is 1. The van der Waals surface area contributed by atoms with Crippen molar-refractivity contribution in [1.29, 1.82) is 0 Å². The second-order valence-electron chi connectivity index (χ2n) is 4.52. The van der Waals surface area contributed by atoms with Crippen LogP contribution in [0.2, 0.25) is 0 Å². The molecule has 3 atom stereocenters. The van der Waals surface area contributed by atoms with Crippen molar-refractivity contribution in [3.8, 4) is 0 Å². The summed E-state index contributed by atoms with van der Waals surface area (Å²) in [6.45, 7) is 2.49. The van der Waals surface area contributed by atoms with E-state index in [2.05, 4.69) is 21.2 Å². The van der Waals surface area contributed by atoms with Gasteiger partial charge in [-0.15, -0.1) is 0 Å². The van der Waals surface area contributed by atoms with Crippen LogP contribution in [0.15, 0.2) is 22.7 Å². The average Bonchev–Trinajstić information content (AvgIpc) is 2.35. The molecule has 1 aromatic carbocycles. The van der Waals surface area contributed by atoms with Crippen molar-refractivity contribution in [2.45, 2.75) is 31.5 Å². The van der Waals surface area contributed by atoms with Gasteiger partial charge in [-0.1, -0.05) is 0 Å². The summed E-state index contributed by atoms with van der Waals surface area (Å²) in [5.74, 6) is -0.673. The van der Waals surface area contributed by atoms with Crippen LogP contribution in [-0.4, -0.2) is 30.7 Å². The van der Waals surface area contributed by atoms with Gasteiger partial charge in [0, 0.05) is 17.1 Å². The third-order valence-corrected chi connectivity index (χ3v) is 3.88. The van der Waals surface area contributed by atoms with Crippen LogP contribution < -0.4 is 11.1 Å². The summed E-state index contributed by atoms with van der Waals surface area (Å²) in [6, 6.07) is 3.66. The molecular weight excluding hydrogens is 315 g/mol. The monoisotopic (exact) mass is 330 g/mol. The van der Waals surface area contributed by atoms with Gasteiger partial charge >= 0.3 is 0 Å². The third-order valence-electron chi connectivity index (χ3n) is 3.22. The molecule has 0 aromatic heterocycles. The summed E-state index contributed by atoms with van der Waals surface area (Å²) in [5.41, 5.74) is 6.25. The topological polar surface area (TPSA) is 64.3 Å². The number of rotatable bonds is 4. The fraction of sp³-hybridized carbons (Fsp3) is 0.462. The molecule has 1 amide bonds. The molecule has 2 rings (SSSR count). The Balaban J connectivity index is 2.04. The first-order valence-electron chi connectivity index (χ1n) is 6.16. The standard InChI is InChI=1S/C13H16BrFN2O2/c1-2-19-11-6-10(16)12(11)17-13(18)8-4-3-7(15)5-9(8)14/h3-5,10-12H,2,6,16H2,1H3,(H,17,18). The molecule has 1 aromatic rings. The number of hydrogen-bond acceptors (Lipinski definition) is 3. The molecule has 0 spiro atoms. The molecule has 3 N–H and O–H groups in total. The smallest absolute Gasteiger partial charge is 0.252 e. The second kappa shape index (κ2) is 5.98. The zero-order valence-electron chi connectivity index (χ0n) is 10.5. The summed E-state index contributed by atoms with van der Waals surface area (Å²) in [5, 5.41) is 2.84. The molecule has 1 aliphatic rings. The van der Waals surface area contributed by atoms with Crippen LogP contribution in [0.25, 0.3) is 0 Å². The van der Waals surface area contributed by atoms with Crippen LogP contribution in [-0.2, 0) is 4.74 Å². The van der Waals surface area contributed by atoms with Crippen molar-refractivity contribution in [2.24, 2.45) is 5.73 Å². The Morgan fingerprint density at radius 3 is 2.95 bits per heavy atom. The van der Waals surface area contributed by atoms with Gasteiger partial charge in [-0.2, -0.15) is 0 Å². The van der Waals surface area contributed by atoms with E-state index in [1.165, 1.54) is 18.2 Å².